The minimum Gasteiger partial charge on any atom is -0.230 e. The summed E-state index contributed by atoms with van der Waals surface area (Å²) in [6, 6.07) is 7.66. The highest BCUT2D eigenvalue weighted by Gasteiger charge is 2.03. The van der Waals surface area contributed by atoms with E-state index in [2.05, 4.69) is 32.6 Å². The summed E-state index contributed by atoms with van der Waals surface area (Å²) in [6.45, 7) is 0. The third kappa shape index (κ3) is 3.06. The first-order chi connectivity index (χ1) is 7.25. The van der Waals surface area contributed by atoms with Gasteiger partial charge in [-0.3, -0.25) is 0 Å². The monoisotopic (exact) mass is 348 g/mol. The van der Waals surface area contributed by atoms with Crippen LogP contribution in [-0.4, -0.2) is 9.97 Å². The third-order valence-corrected chi connectivity index (χ3v) is 3.60. The zero-order valence-electron chi connectivity index (χ0n) is 7.52. The van der Waals surface area contributed by atoms with E-state index in [-0.39, 0.29) is 0 Å². The van der Waals surface area contributed by atoms with Crippen LogP contribution in [-0.2, 0) is 0 Å². The lowest BCUT2D eigenvalue weighted by Crippen LogP contribution is -1.86. The Hall–Kier alpha value is -0.330. The van der Waals surface area contributed by atoms with Crippen molar-refractivity contribution in [1.82, 2.24) is 9.97 Å². The van der Waals surface area contributed by atoms with Crippen molar-refractivity contribution >= 4 is 46.0 Å². The van der Waals surface area contributed by atoms with Gasteiger partial charge in [0.15, 0.2) is 5.16 Å². The van der Waals surface area contributed by atoms with Crippen molar-refractivity contribution in [3.8, 4) is 0 Å². The number of hydrogen-bond donors (Lipinski definition) is 0. The van der Waals surface area contributed by atoms with Crippen LogP contribution in [0.15, 0.2) is 46.7 Å². The Bertz CT molecular complexity index is 461. The SMILES string of the molecule is Clc1ccccc1Sc1ncc(I)cn1. The summed E-state index contributed by atoms with van der Waals surface area (Å²) in [5, 5.41) is 1.44. The highest BCUT2D eigenvalue weighted by Crippen LogP contribution is 2.30. The molecule has 2 nitrogen and oxygen atoms in total. The molecule has 15 heavy (non-hydrogen) atoms. The molecule has 0 saturated carbocycles. The van der Waals surface area contributed by atoms with E-state index in [0.29, 0.717) is 5.16 Å². The first-order valence-corrected chi connectivity index (χ1v) is 6.43. The van der Waals surface area contributed by atoms with E-state index in [1.165, 1.54) is 11.8 Å². The van der Waals surface area contributed by atoms with E-state index in [1.54, 1.807) is 12.4 Å². The highest BCUT2D eigenvalue weighted by molar-refractivity contribution is 14.1. The topological polar surface area (TPSA) is 25.8 Å². The van der Waals surface area contributed by atoms with Crippen LogP contribution in [0, 0.1) is 3.57 Å². The highest BCUT2D eigenvalue weighted by atomic mass is 127. The lowest BCUT2D eigenvalue weighted by Gasteiger charge is -2.01. The number of rotatable bonds is 2. The van der Waals surface area contributed by atoms with E-state index < -0.39 is 0 Å². The van der Waals surface area contributed by atoms with Gasteiger partial charge in [-0.2, -0.15) is 0 Å². The molecule has 76 valence electrons. The van der Waals surface area contributed by atoms with Crippen molar-refractivity contribution < 1.29 is 0 Å². The van der Waals surface area contributed by atoms with Gasteiger partial charge in [0, 0.05) is 20.9 Å². The molecule has 2 aromatic rings. The van der Waals surface area contributed by atoms with Gasteiger partial charge in [-0.1, -0.05) is 23.7 Å². The zero-order chi connectivity index (χ0) is 10.7. The van der Waals surface area contributed by atoms with Gasteiger partial charge in [0.1, 0.15) is 0 Å². The molecule has 0 fully saturated rings. The summed E-state index contributed by atoms with van der Waals surface area (Å²) in [4.78, 5) is 9.37. The molecule has 0 spiro atoms. The molecule has 0 atom stereocenters. The van der Waals surface area contributed by atoms with Crippen LogP contribution in [0.5, 0.6) is 0 Å². The van der Waals surface area contributed by atoms with Crippen LogP contribution in [0.3, 0.4) is 0 Å². The number of halogens is 2. The average molecular weight is 349 g/mol. The molecule has 0 saturated heterocycles. The molecule has 1 aromatic carbocycles. The van der Waals surface area contributed by atoms with Crippen molar-refractivity contribution in [1.29, 1.82) is 0 Å². The Labute approximate surface area is 111 Å². The van der Waals surface area contributed by atoms with Crippen molar-refractivity contribution in [3.63, 3.8) is 0 Å². The quantitative estimate of drug-likeness (QED) is 0.608. The Morgan fingerprint density at radius 1 is 1.13 bits per heavy atom. The maximum atomic E-state index is 6.03. The fourth-order valence-corrected chi connectivity index (χ4v) is 2.23. The molecule has 1 heterocycles. The molecule has 1 aromatic heterocycles. The molecule has 0 aliphatic carbocycles. The predicted octanol–water partition coefficient (Wildman–Crippen LogP) is 3.89. The molecule has 2 rings (SSSR count). The molecule has 0 unspecified atom stereocenters. The van der Waals surface area contributed by atoms with E-state index in [9.17, 15) is 0 Å². The van der Waals surface area contributed by atoms with Crippen LogP contribution < -0.4 is 0 Å². The summed E-state index contributed by atoms with van der Waals surface area (Å²) in [5.74, 6) is 0. The minimum absolute atomic E-state index is 0.712. The number of benzene rings is 1. The molecular formula is C10H6ClIN2S. The second-order valence-electron chi connectivity index (χ2n) is 2.72. The van der Waals surface area contributed by atoms with Gasteiger partial charge in [-0.05, 0) is 46.5 Å². The van der Waals surface area contributed by atoms with Gasteiger partial charge in [0.2, 0.25) is 0 Å². The first-order valence-electron chi connectivity index (χ1n) is 4.15. The molecule has 0 aliphatic rings. The number of aromatic nitrogens is 2. The number of hydrogen-bond acceptors (Lipinski definition) is 3. The molecule has 0 radical (unpaired) electrons. The Morgan fingerprint density at radius 2 is 1.80 bits per heavy atom. The standard InChI is InChI=1S/C10H6ClIN2S/c11-8-3-1-2-4-9(8)15-10-13-5-7(12)6-14-10/h1-6H. The van der Waals surface area contributed by atoms with Crippen LogP contribution in [0.1, 0.15) is 0 Å². The molecular weight excluding hydrogens is 343 g/mol. The fraction of sp³-hybridized carbons (Fsp3) is 0. The minimum atomic E-state index is 0.712. The van der Waals surface area contributed by atoms with Crippen LogP contribution in [0.25, 0.3) is 0 Å². The Kier molecular flexibility index (Phi) is 3.82. The predicted molar refractivity (Wildman–Crippen MR) is 70.3 cm³/mol. The van der Waals surface area contributed by atoms with Gasteiger partial charge in [-0.15, -0.1) is 0 Å². The second-order valence-corrected chi connectivity index (χ2v) is 5.38. The van der Waals surface area contributed by atoms with Gasteiger partial charge < -0.3 is 0 Å². The molecule has 5 heteroatoms. The van der Waals surface area contributed by atoms with E-state index in [4.69, 9.17) is 11.6 Å². The summed E-state index contributed by atoms with van der Waals surface area (Å²) < 4.78 is 1.02. The van der Waals surface area contributed by atoms with Crippen LogP contribution in [0.4, 0.5) is 0 Å². The van der Waals surface area contributed by atoms with Crippen molar-refractivity contribution in [2.75, 3.05) is 0 Å². The van der Waals surface area contributed by atoms with Gasteiger partial charge in [0.25, 0.3) is 0 Å². The maximum absolute atomic E-state index is 6.03. The second kappa shape index (κ2) is 5.14. The van der Waals surface area contributed by atoms with Crippen molar-refractivity contribution in [3.05, 3.63) is 45.3 Å². The number of nitrogens with zero attached hydrogens (tertiary/aromatic N) is 2. The maximum Gasteiger partial charge on any atom is 0.192 e. The third-order valence-electron chi connectivity index (χ3n) is 1.63. The summed E-state index contributed by atoms with van der Waals surface area (Å²) in [6.07, 6.45) is 3.57. The van der Waals surface area contributed by atoms with Crippen LogP contribution in [0.2, 0.25) is 5.02 Å². The molecule has 0 aliphatic heterocycles. The first kappa shape index (κ1) is 11.2. The van der Waals surface area contributed by atoms with Gasteiger partial charge in [0.05, 0.1) is 5.02 Å². The van der Waals surface area contributed by atoms with Crippen LogP contribution >= 0.6 is 46.0 Å². The molecule has 0 N–H and O–H groups in total. The van der Waals surface area contributed by atoms with Gasteiger partial charge >= 0.3 is 0 Å². The lowest BCUT2D eigenvalue weighted by atomic mass is 10.4. The zero-order valence-corrected chi connectivity index (χ0v) is 11.3. The Morgan fingerprint density at radius 3 is 2.47 bits per heavy atom. The lowest BCUT2D eigenvalue weighted by molar-refractivity contribution is 0.957. The Balaban J connectivity index is 2.22. The van der Waals surface area contributed by atoms with E-state index >= 15 is 0 Å². The van der Waals surface area contributed by atoms with Crippen molar-refractivity contribution in [2.24, 2.45) is 0 Å². The summed E-state index contributed by atoms with van der Waals surface area (Å²) >= 11 is 9.67. The van der Waals surface area contributed by atoms with E-state index in [1.807, 2.05) is 24.3 Å². The molecule has 0 bridgehead atoms. The smallest absolute Gasteiger partial charge is 0.192 e. The molecule has 0 amide bonds. The normalized spacial score (nSPS) is 10.3. The summed E-state index contributed by atoms with van der Waals surface area (Å²) in [5.41, 5.74) is 0. The van der Waals surface area contributed by atoms with Crippen molar-refractivity contribution in [2.45, 2.75) is 10.1 Å². The van der Waals surface area contributed by atoms with Gasteiger partial charge in [-0.25, -0.2) is 9.97 Å². The fourth-order valence-electron chi connectivity index (χ4n) is 0.979. The van der Waals surface area contributed by atoms with E-state index in [0.717, 1.165) is 13.5 Å². The largest absolute Gasteiger partial charge is 0.230 e. The summed E-state index contributed by atoms with van der Waals surface area (Å²) in [7, 11) is 0. The average Bonchev–Trinajstić information content (AvgIpc) is 2.25.